The molecule has 0 spiro atoms. The lowest BCUT2D eigenvalue weighted by molar-refractivity contribution is 0.396. The van der Waals surface area contributed by atoms with Crippen LogP contribution < -0.4 is 10.6 Å². The highest BCUT2D eigenvalue weighted by Crippen LogP contribution is 2.20. The van der Waals surface area contributed by atoms with Gasteiger partial charge in [0.1, 0.15) is 5.76 Å². The first-order valence-corrected chi connectivity index (χ1v) is 10.8. The van der Waals surface area contributed by atoms with Gasteiger partial charge in [-0.1, -0.05) is 6.92 Å². The van der Waals surface area contributed by atoms with Gasteiger partial charge in [0, 0.05) is 31.6 Å². The van der Waals surface area contributed by atoms with E-state index in [9.17, 15) is 8.42 Å². The molecule has 2 atom stereocenters. The van der Waals surface area contributed by atoms with Crippen LogP contribution in [0.3, 0.4) is 0 Å². The highest BCUT2D eigenvalue weighted by atomic mass is 32.2. The van der Waals surface area contributed by atoms with Gasteiger partial charge in [-0.2, -0.15) is 4.31 Å². The van der Waals surface area contributed by atoms with E-state index >= 15 is 0 Å². The molecule has 0 bridgehead atoms. The molecule has 0 aromatic carbocycles. The van der Waals surface area contributed by atoms with Gasteiger partial charge in [0.25, 0.3) is 0 Å². The SMILES string of the molecule is CCC(C)NC(=NC[C@H]1CCCN1S(C)(=O)=O)NCCc1ccco1. The van der Waals surface area contributed by atoms with Crippen LogP contribution in [0.15, 0.2) is 27.8 Å². The molecule has 7 nitrogen and oxygen atoms in total. The molecule has 1 aromatic rings. The van der Waals surface area contributed by atoms with E-state index in [1.807, 2.05) is 12.1 Å². The molecule has 1 aromatic heterocycles. The maximum atomic E-state index is 11.9. The topological polar surface area (TPSA) is 86.9 Å². The first-order chi connectivity index (χ1) is 11.9. The number of sulfonamides is 1. The summed E-state index contributed by atoms with van der Waals surface area (Å²) in [6, 6.07) is 4.07. The third-order valence-corrected chi connectivity index (χ3v) is 5.78. The van der Waals surface area contributed by atoms with Crippen molar-refractivity contribution in [1.29, 1.82) is 0 Å². The van der Waals surface area contributed by atoms with E-state index in [1.54, 1.807) is 10.6 Å². The van der Waals surface area contributed by atoms with Crippen molar-refractivity contribution in [2.24, 2.45) is 4.99 Å². The smallest absolute Gasteiger partial charge is 0.211 e. The van der Waals surface area contributed by atoms with Crippen LogP contribution in [0, 0.1) is 0 Å². The second-order valence-electron chi connectivity index (χ2n) is 6.57. The second kappa shape index (κ2) is 9.24. The first kappa shape index (κ1) is 19.8. The molecule has 1 unspecified atom stereocenters. The van der Waals surface area contributed by atoms with Gasteiger partial charge >= 0.3 is 0 Å². The van der Waals surface area contributed by atoms with Gasteiger partial charge in [0.2, 0.25) is 10.0 Å². The minimum atomic E-state index is -3.16. The summed E-state index contributed by atoms with van der Waals surface area (Å²) in [5.74, 6) is 1.65. The Morgan fingerprint density at radius 3 is 2.96 bits per heavy atom. The molecule has 0 amide bonds. The molecule has 25 heavy (non-hydrogen) atoms. The van der Waals surface area contributed by atoms with E-state index in [1.165, 1.54) is 6.26 Å². The van der Waals surface area contributed by atoms with Gasteiger partial charge in [0.05, 0.1) is 19.1 Å². The van der Waals surface area contributed by atoms with Crippen molar-refractivity contribution < 1.29 is 12.8 Å². The van der Waals surface area contributed by atoms with Crippen molar-refractivity contribution in [1.82, 2.24) is 14.9 Å². The van der Waals surface area contributed by atoms with E-state index in [-0.39, 0.29) is 6.04 Å². The highest BCUT2D eigenvalue weighted by molar-refractivity contribution is 7.88. The molecule has 2 N–H and O–H groups in total. The Morgan fingerprint density at radius 2 is 2.32 bits per heavy atom. The minimum absolute atomic E-state index is 0.0457. The standard InChI is InChI=1S/C17H30N4O3S/c1-4-14(2)20-17(18-10-9-16-8-6-12-24-16)19-13-15-7-5-11-21(15)25(3,22)23/h6,8,12,14-15H,4-5,7,9-11,13H2,1-3H3,(H2,18,19,20)/t14?,15-/m1/s1. The van der Waals surface area contributed by atoms with Crippen molar-refractivity contribution in [2.75, 3.05) is 25.9 Å². The average Bonchev–Trinajstić information content (AvgIpc) is 3.23. The molecule has 1 aliphatic rings. The summed E-state index contributed by atoms with van der Waals surface area (Å²) >= 11 is 0. The quantitative estimate of drug-likeness (QED) is 0.536. The van der Waals surface area contributed by atoms with E-state index in [0.29, 0.717) is 25.7 Å². The maximum absolute atomic E-state index is 11.9. The first-order valence-electron chi connectivity index (χ1n) is 8.94. The molecule has 1 saturated heterocycles. The average molecular weight is 371 g/mol. The second-order valence-corrected chi connectivity index (χ2v) is 8.50. The Labute approximate surface area is 150 Å². The fourth-order valence-electron chi connectivity index (χ4n) is 2.87. The lowest BCUT2D eigenvalue weighted by atomic mass is 10.2. The Bertz CT molecular complexity index is 643. The molecule has 1 aliphatic heterocycles. The zero-order chi connectivity index (χ0) is 18.3. The third kappa shape index (κ3) is 6.36. The molecular formula is C17H30N4O3S. The Hall–Kier alpha value is -1.54. The zero-order valence-corrected chi connectivity index (χ0v) is 16.2. The zero-order valence-electron chi connectivity index (χ0n) is 15.4. The highest BCUT2D eigenvalue weighted by Gasteiger charge is 2.31. The van der Waals surface area contributed by atoms with Crippen LogP contribution in [-0.2, 0) is 16.4 Å². The Balaban J connectivity index is 1.94. The number of hydrogen-bond donors (Lipinski definition) is 2. The van der Waals surface area contributed by atoms with Gasteiger partial charge in [-0.3, -0.25) is 4.99 Å². The molecule has 1 fully saturated rings. The number of rotatable bonds is 8. The number of aliphatic imine (C=N–C) groups is 1. The van der Waals surface area contributed by atoms with Gasteiger partial charge in [-0.25, -0.2) is 8.42 Å². The van der Waals surface area contributed by atoms with Crippen molar-refractivity contribution in [3.63, 3.8) is 0 Å². The van der Waals surface area contributed by atoms with E-state index in [0.717, 1.165) is 37.4 Å². The van der Waals surface area contributed by atoms with E-state index < -0.39 is 10.0 Å². The summed E-state index contributed by atoms with van der Waals surface area (Å²) in [4.78, 5) is 4.63. The summed E-state index contributed by atoms with van der Waals surface area (Å²) in [6.45, 7) is 5.98. The summed E-state index contributed by atoms with van der Waals surface area (Å²) in [5, 5.41) is 6.68. The third-order valence-electron chi connectivity index (χ3n) is 4.45. The molecule has 8 heteroatoms. The molecule has 0 aliphatic carbocycles. The fraction of sp³-hybridized carbons (Fsp3) is 0.706. The molecular weight excluding hydrogens is 340 g/mol. The number of nitrogens with zero attached hydrogens (tertiary/aromatic N) is 2. The van der Waals surface area contributed by atoms with Crippen molar-refractivity contribution in [3.05, 3.63) is 24.2 Å². The predicted molar refractivity (Wildman–Crippen MR) is 100 cm³/mol. The lowest BCUT2D eigenvalue weighted by Crippen LogP contribution is -2.44. The predicted octanol–water partition coefficient (Wildman–Crippen LogP) is 1.58. The number of nitrogens with one attached hydrogen (secondary N) is 2. The molecule has 142 valence electrons. The summed E-state index contributed by atoms with van der Waals surface area (Å²) in [7, 11) is -3.16. The van der Waals surface area contributed by atoms with Crippen molar-refractivity contribution in [3.8, 4) is 0 Å². The van der Waals surface area contributed by atoms with Crippen molar-refractivity contribution in [2.45, 2.75) is 51.6 Å². The molecule has 2 rings (SSSR count). The van der Waals surface area contributed by atoms with Crippen LogP contribution in [0.5, 0.6) is 0 Å². The summed E-state index contributed by atoms with van der Waals surface area (Å²) in [5.41, 5.74) is 0. The van der Waals surface area contributed by atoms with Gasteiger partial charge in [-0.05, 0) is 38.3 Å². The normalized spacial score (nSPS) is 20.6. The van der Waals surface area contributed by atoms with Gasteiger partial charge in [-0.15, -0.1) is 0 Å². The van der Waals surface area contributed by atoms with Crippen LogP contribution in [0.25, 0.3) is 0 Å². The monoisotopic (exact) mass is 370 g/mol. The number of guanidine groups is 1. The lowest BCUT2D eigenvalue weighted by Gasteiger charge is -2.22. The van der Waals surface area contributed by atoms with Crippen LogP contribution in [0.2, 0.25) is 0 Å². The van der Waals surface area contributed by atoms with E-state index in [2.05, 4.69) is 29.5 Å². The van der Waals surface area contributed by atoms with E-state index in [4.69, 9.17) is 4.42 Å². The summed E-state index contributed by atoms with van der Waals surface area (Å²) < 4.78 is 30.6. The number of hydrogen-bond acceptors (Lipinski definition) is 4. The van der Waals surface area contributed by atoms with Crippen molar-refractivity contribution >= 4 is 16.0 Å². The van der Waals surface area contributed by atoms with Crippen LogP contribution in [0.1, 0.15) is 38.9 Å². The summed E-state index contributed by atoms with van der Waals surface area (Å²) in [6.07, 6.45) is 6.45. The van der Waals surface area contributed by atoms with Gasteiger partial charge in [0.15, 0.2) is 5.96 Å². The maximum Gasteiger partial charge on any atom is 0.211 e. The number of furan rings is 1. The minimum Gasteiger partial charge on any atom is -0.469 e. The molecule has 0 saturated carbocycles. The Morgan fingerprint density at radius 1 is 1.52 bits per heavy atom. The molecule has 2 heterocycles. The largest absolute Gasteiger partial charge is 0.469 e. The molecule has 0 radical (unpaired) electrons. The van der Waals surface area contributed by atoms with Crippen LogP contribution in [-0.4, -0.2) is 56.7 Å². The van der Waals surface area contributed by atoms with Crippen LogP contribution >= 0.6 is 0 Å². The Kier molecular flexibility index (Phi) is 7.31. The van der Waals surface area contributed by atoms with Gasteiger partial charge < -0.3 is 15.1 Å². The fourth-order valence-corrected chi connectivity index (χ4v) is 4.05. The van der Waals surface area contributed by atoms with Crippen LogP contribution in [0.4, 0.5) is 0 Å².